The molecule has 0 radical (unpaired) electrons. The van der Waals surface area contributed by atoms with Crippen molar-refractivity contribution in [3.63, 3.8) is 0 Å². The zero-order valence-electron chi connectivity index (χ0n) is 14.6. The molecule has 1 N–H and O–H groups in total. The van der Waals surface area contributed by atoms with E-state index in [0.717, 1.165) is 0 Å². The van der Waals surface area contributed by atoms with E-state index in [9.17, 15) is 18.0 Å². The summed E-state index contributed by atoms with van der Waals surface area (Å²) in [5, 5.41) is 3.21. The Morgan fingerprint density at radius 1 is 1.08 bits per heavy atom. The third-order valence-electron chi connectivity index (χ3n) is 4.33. The van der Waals surface area contributed by atoms with Crippen LogP contribution in [0.3, 0.4) is 0 Å². The summed E-state index contributed by atoms with van der Waals surface area (Å²) in [6.07, 6.45) is 0. The maximum absolute atomic E-state index is 13.1. The summed E-state index contributed by atoms with van der Waals surface area (Å²) >= 11 is 0. The monoisotopic (exact) mass is 370 g/mol. The van der Waals surface area contributed by atoms with Gasteiger partial charge in [-0.1, -0.05) is 0 Å². The van der Waals surface area contributed by atoms with Gasteiger partial charge in [0.2, 0.25) is 10.0 Å². The molecular weight excluding hydrogens is 348 g/mol. The number of methoxy groups -OCH3 is 2. The fourth-order valence-corrected chi connectivity index (χ4v) is 4.49. The van der Waals surface area contributed by atoms with Gasteiger partial charge in [0.25, 0.3) is 0 Å². The van der Waals surface area contributed by atoms with Crippen molar-refractivity contribution in [2.75, 3.05) is 27.3 Å². The normalized spacial score (nSPS) is 21.6. The highest BCUT2D eigenvalue weighted by atomic mass is 32.2. The summed E-state index contributed by atoms with van der Waals surface area (Å²) in [5.74, 6) is -1.46. The molecule has 8 nitrogen and oxygen atoms in total. The summed E-state index contributed by atoms with van der Waals surface area (Å²) in [6.45, 7) is 4.52. The fourth-order valence-electron chi connectivity index (χ4n) is 2.72. The van der Waals surface area contributed by atoms with Gasteiger partial charge >= 0.3 is 11.9 Å². The quantitative estimate of drug-likeness (QED) is 0.776. The van der Waals surface area contributed by atoms with Crippen molar-refractivity contribution in [2.45, 2.75) is 30.8 Å². The number of nitrogens with one attached hydrogen (secondary N) is 1. The number of hydrogen-bond donors (Lipinski definition) is 1. The summed E-state index contributed by atoms with van der Waals surface area (Å²) in [4.78, 5) is 23.6. The van der Waals surface area contributed by atoms with Crippen molar-refractivity contribution in [1.29, 1.82) is 0 Å². The minimum Gasteiger partial charge on any atom is -0.465 e. The van der Waals surface area contributed by atoms with Gasteiger partial charge in [-0.3, -0.25) is 0 Å². The van der Waals surface area contributed by atoms with Crippen molar-refractivity contribution in [1.82, 2.24) is 9.62 Å². The lowest BCUT2D eigenvalue weighted by molar-refractivity contribution is 0.0598. The zero-order chi connectivity index (χ0) is 18.8. The third kappa shape index (κ3) is 3.83. The second-order valence-electron chi connectivity index (χ2n) is 5.83. The summed E-state index contributed by atoms with van der Waals surface area (Å²) in [5.41, 5.74) is -0.0559. The number of esters is 2. The topological polar surface area (TPSA) is 102 Å². The summed E-state index contributed by atoms with van der Waals surface area (Å²) < 4.78 is 36.8. The van der Waals surface area contributed by atoms with Crippen LogP contribution < -0.4 is 5.32 Å². The minimum absolute atomic E-state index is 0.0209. The Hall–Kier alpha value is -1.97. The standard InChI is InChI=1S/C16H22N2O6S/c1-10-11(2)18(6-5-17-10)25(21,22)14-8-12(15(19)23-3)7-13(9-14)16(20)24-4/h7-11,17H,5-6H2,1-4H3. The first-order valence-electron chi connectivity index (χ1n) is 7.79. The van der Waals surface area contributed by atoms with Crippen molar-refractivity contribution in [3.8, 4) is 0 Å². The Labute approximate surface area is 147 Å². The number of ether oxygens (including phenoxy) is 2. The van der Waals surface area contributed by atoms with Gasteiger partial charge in [0, 0.05) is 25.2 Å². The van der Waals surface area contributed by atoms with Crippen LogP contribution in [-0.4, -0.2) is 64.1 Å². The van der Waals surface area contributed by atoms with E-state index in [-0.39, 0.29) is 28.1 Å². The number of carbonyl (C=O) groups is 2. The molecule has 1 heterocycles. The Kier molecular flexibility index (Phi) is 5.81. The first-order chi connectivity index (χ1) is 11.7. The molecule has 0 aromatic heterocycles. The second kappa shape index (κ2) is 7.51. The van der Waals surface area contributed by atoms with Gasteiger partial charge in [-0.2, -0.15) is 4.31 Å². The number of benzene rings is 1. The van der Waals surface area contributed by atoms with Crippen LogP contribution in [0.5, 0.6) is 0 Å². The van der Waals surface area contributed by atoms with E-state index in [1.807, 2.05) is 6.92 Å². The maximum Gasteiger partial charge on any atom is 0.337 e. The predicted octanol–water partition coefficient (Wildman–Crippen LogP) is 0.631. The van der Waals surface area contributed by atoms with Crippen LogP contribution in [0.1, 0.15) is 34.6 Å². The van der Waals surface area contributed by atoms with Crippen LogP contribution >= 0.6 is 0 Å². The molecule has 0 spiro atoms. The largest absolute Gasteiger partial charge is 0.465 e. The molecule has 1 saturated heterocycles. The van der Waals surface area contributed by atoms with E-state index in [1.54, 1.807) is 6.92 Å². The molecule has 25 heavy (non-hydrogen) atoms. The molecule has 1 aliphatic heterocycles. The lowest BCUT2D eigenvalue weighted by Gasteiger charge is -2.37. The van der Waals surface area contributed by atoms with Crippen LogP contribution in [0, 0.1) is 0 Å². The molecule has 0 aliphatic carbocycles. The Bertz CT molecular complexity index is 743. The molecule has 1 aromatic rings. The number of rotatable bonds is 4. The van der Waals surface area contributed by atoms with Crippen molar-refractivity contribution in [2.24, 2.45) is 0 Å². The van der Waals surface area contributed by atoms with Crippen molar-refractivity contribution in [3.05, 3.63) is 29.3 Å². The number of carbonyl (C=O) groups excluding carboxylic acids is 2. The third-order valence-corrected chi connectivity index (χ3v) is 6.30. The molecule has 0 bridgehead atoms. The first kappa shape index (κ1) is 19.4. The van der Waals surface area contributed by atoms with E-state index in [4.69, 9.17) is 0 Å². The molecule has 1 aliphatic rings. The SMILES string of the molecule is COC(=O)c1cc(C(=O)OC)cc(S(=O)(=O)N2CCNC(C)C2C)c1. The van der Waals surface area contributed by atoms with Gasteiger partial charge < -0.3 is 14.8 Å². The van der Waals surface area contributed by atoms with Gasteiger partial charge in [-0.15, -0.1) is 0 Å². The highest BCUT2D eigenvalue weighted by Gasteiger charge is 2.35. The first-order valence-corrected chi connectivity index (χ1v) is 9.23. The van der Waals surface area contributed by atoms with E-state index in [0.29, 0.717) is 13.1 Å². The molecule has 9 heteroatoms. The van der Waals surface area contributed by atoms with Gasteiger partial charge in [0.05, 0.1) is 30.2 Å². The van der Waals surface area contributed by atoms with Gasteiger partial charge in [-0.25, -0.2) is 18.0 Å². The van der Waals surface area contributed by atoms with E-state index in [2.05, 4.69) is 14.8 Å². The average molecular weight is 370 g/mol. The van der Waals surface area contributed by atoms with E-state index < -0.39 is 22.0 Å². The lowest BCUT2D eigenvalue weighted by Crippen LogP contribution is -2.57. The maximum atomic E-state index is 13.1. The van der Waals surface area contributed by atoms with Crippen LogP contribution in [-0.2, 0) is 19.5 Å². The average Bonchev–Trinajstić information content (AvgIpc) is 2.61. The number of nitrogens with zero attached hydrogens (tertiary/aromatic N) is 1. The molecule has 2 rings (SSSR count). The number of hydrogen-bond acceptors (Lipinski definition) is 7. The molecule has 2 unspecified atom stereocenters. The summed E-state index contributed by atoms with van der Waals surface area (Å²) in [7, 11) is -1.53. The van der Waals surface area contributed by atoms with Crippen molar-refractivity contribution >= 4 is 22.0 Å². The molecular formula is C16H22N2O6S. The van der Waals surface area contributed by atoms with Gasteiger partial charge in [0.15, 0.2) is 0 Å². The second-order valence-corrected chi connectivity index (χ2v) is 7.72. The Morgan fingerprint density at radius 2 is 1.60 bits per heavy atom. The van der Waals surface area contributed by atoms with Crippen LogP contribution in [0.15, 0.2) is 23.1 Å². The minimum atomic E-state index is -3.89. The zero-order valence-corrected chi connectivity index (χ0v) is 15.4. The smallest absolute Gasteiger partial charge is 0.337 e. The molecule has 0 saturated carbocycles. The summed E-state index contributed by atoms with van der Waals surface area (Å²) in [6, 6.07) is 3.38. The fraction of sp³-hybridized carbons (Fsp3) is 0.500. The Morgan fingerprint density at radius 3 is 2.08 bits per heavy atom. The predicted molar refractivity (Wildman–Crippen MR) is 89.9 cm³/mol. The molecule has 0 amide bonds. The molecule has 2 atom stereocenters. The van der Waals surface area contributed by atoms with Crippen LogP contribution in [0.25, 0.3) is 0 Å². The van der Waals surface area contributed by atoms with E-state index in [1.165, 1.54) is 36.7 Å². The highest BCUT2D eigenvalue weighted by molar-refractivity contribution is 7.89. The van der Waals surface area contributed by atoms with Crippen molar-refractivity contribution < 1.29 is 27.5 Å². The molecule has 1 fully saturated rings. The lowest BCUT2D eigenvalue weighted by atomic mass is 10.1. The Balaban J connectivity index is 2.55. The van der Waals surface area contributed by atoms with Gasteiger partial charge in [0.1, 0.15) is 0 Å². The van der Waals surface area contributed by atoms with Crippen LogP contribution in [0.4, 0.5) is 0 Å². The van der Waals surface area contributed by atoms with Crippen LogP contribution in [0.2, 0.25) is 0 Å². The highest BCUT2D eigenvalue weighted by Crippen LogP contribution is 2.24. The molecule has 1 aromatic carbocycles. The molecule has 138 valence electrons. The van der Waals surface area contributed by atoms with E-state index >= 15 is 0 Å². The van der Waals surface area contributed by atoms with Gasteiger partial charge in [-0.05, 0) is 32.0 Å². The number of piperazine rings is 1. The number of sulfonamides is 1.